The molecule has 1 aromatic heterocycles. The second-order valence-corrected chi connectivity index (χ2v) is 3.92. The van der Waals surface area contributed by atoms with Gasteiger partial charge in [0.1, 0.15) is 6.42 Å². The zero-order chi connectivity index (χ0) is 13.3. The molecule has 8 heteroatoms. The Kier molecular flexibility index (Phi) is 3.16. The molecule has 0 radical (unpaired) electrons. The average molecular weight is 278 g/mol. The summed E-state index contributed by atoms with van der Waals surface area (Å²) in [6.45, 7) is 0. The molecule has 18 heavy (non-hydrogen) atoms. The zero-order valence-electron chi connectivity index (χ0n) is 8.83. The normalized spacial score (nSPS) is 11.8. The lowest BCUT2D eigenvalue weighted by atomic mass is 10.2. The van der Waals surface area contributed by atoms with E-state index >= 15 is 0 Å². The fourth-order valence-corrected chi connectivity index (χ4v) is 1.64. The van der Waals surface area contributed by atoms with Gasteiger partial charge in [-0.1, -0.05) is 22.8 Å². The van der Waals surface area contributed by atoms with Crippen molar-refractivity contribution >= 4 is 17.3 Å². The quantitative estimate of drug-likeness (QED) is 0.857. The molecule has 0 saturated heterocycles. The lowest BCUT2D eigenvalue weighted by Crippen LogP contribution is -2.12. The molecule has 0 atom stereocenters. The summed E-state index contributed by atoms with van der Waals surface area (Å²) in [5.41, 5.74) is 6.15. The Labute approximate surface area is 105 Å². The zero-order valence-corrected chi connectivity index (χ0v) is 9.59. The van der Waals surface area contributed by atoms with Gasteiger partial charge in [0.2, 0.25) is 0 Å². The largest absolute Gasteiger partial charge is 0.398 e. The summed E-state index contributed by atoms with van der Waals surface area (Å²) < 4.78 is 41.2. The summed E-state index contributed by atoms with van der Waals surface area (Å²) in [5.74, 6) is -0.589. The fraction of sp³-hybridized carbons (Fsp3) is 0.200. The minimum Gasteiger partial charge on any atom is -0.398 e. The second kappa shape index (κ2) is 4.49. The first kappa shape index (κ1) is 12.7. The van der Waals surface area contributed by atoms with E-state index < -0.39 is 18.4 Å². The van der Waals surface area contributed by atoms with Crippen LogP contribution in [0, 0.1) is 0 Å². The van der Waals surface area contributed by atoms with Crippen molar-refractivity contribution in [1.82, 2.24) is 10.1 Å². The van der Waals surface area contributed by atoms with Crippen LogP contribution in [0.4, 0.5) is 18.9 Å². The number of aromatic nitrogens is 2. The molecule has 0 fully saturated rings. The van der Waals surface area contributed by atoms with Crippen molar-refractivity contribution in [3.05, 3.63) is 29.0 Å². The summed E-state index contributed by atoms with van der Waals surface area (Å²) in [6, 6.07) is 4.67. The lowest BCUT2D eigenvalue weighted by molar-refractivity contribution is -0.128. The maximum Gasteiger partial charge on any atom is 0.396 e. The highest BCUT2D eigenvalue weighted by molar-refractivity contribution is 6.33. The molecule has 1 heterocycles. The SMILES string of the molecule is Nc1cccc(Cl)c1-c1nc(CC(F)(F)F)no1. The van der Waals surface area contributed by atoms with Crippen molar-refractivity contribution in [2.45, 2.75) is 12.6 Å². The first-order valence-corrected chi connectivity index (χ1v) is 5.18. The first-order chi connectivity index (χ1) is 8.37. The van der Waals surface area contributed by atoms with Crippen molar-refractivity contribution < 1.29 is 17.7 Å². The van der Waals surface area contributed by atoms with Crippen LogP contribution >= 0.6 is 11.6 Å². The molecule has 0 amide bonds. The van der Waals surface area contributed by atoms with Gasteiger partial charge in [-0.05, 0) is 12.1 Å². The van der Waals surface area contributed by atoms with E-state index in [4.69, 9.17) is 21.9 Å². The van der Waals surface area contributed by atoms with Crippen molar-refractivity contribution in [2.75, 3.05) is 5.73 Å². The molecule has 4 nitrogen and oxygen atoms in total. The van der Waals surface area contributed by atoms with E-state index in [0.717, 1.165) is 0 Å². The molecule has 96 valence electrons. The van der Waals surface area contributed by atoms with E-state index in [1.807, 2.05) is 0 Å². The van der Waals surface area contributed by atoms with Crippen LogP contribution in [-0.2, 0) is 6.42 Å². The number of anilines is 1. The van der Waals surface area contributed by atoms with Gasteiger partial charge in [-0.25, -0.2) is 0 Å². The van der Waals surface area contributed by atoms with Crippen LogP contribution in [0.5, 0.6) is 0 Å². The van der Waals surface area contributed by atoms with Gasteiger partial charge in [-0.2, -0.15) is 18.2 Å². The van der Waals surface area contributed by atoms with Gasteiger partial charge in [0.25, 0.3) is 5.89 Å². The van der Waals surface area contributed by atoms with E-state index in [-0.39, 0.29) is 22.2 Å². The molecule has 0 aliphatic carbocycles. The molecule has 0 aliphatic rings. The van der Waals surface area contributed by atoms with Crippen LogP contribution in [0.25, 0.3) is 11.5 Å². The topological polar surface area (TPSA) is 64.9 Å². The number of alkyl halides is 3. The molecular weight excluding hydrogens is 271 g/mol. The molecule has 1 aromatic carbocycles. The molecule has 0 spiro atoms. The predicted molar refractivity (Wildman–Crippen MR) is 58.9 cm³/mol. The molecule has 0 saturated carbocycles. The molecule has 0 bridgehead atoms. The first-order valence-electron chi connectivity index (χ1n) is 4.80. The Morgan fingerprint density at radius 2 is 2.06 bits per heavy atom. The highest BCUT2D eigenvalue weighted by Gasteiger charge is 2.31. The average Bonchev–Trinajstić information content (AvgIpc) is 2.63. The molecule has 0 unspecified atom stereocenters. The Balaban J connectivity index is 2.36. The highest BCUT2D eigenvalue weighted by Crippen LogP contribution is 2.32. The number of nitrogen functional groups attached to an aromatic ring is 1. The van der Waals surface area contributed by atoms with Gasteiger partial charge in [0.05, 0.1) is 10.6 Å². The van der Waals surface area contributed by atoms with Crippen LogP contribution in [-0.4, -0.2) is 16.3 Å². The van der Waals surface area contributed by atoms with Crippen LogP contribution in [0.3, 0.4) is 0 Å². The second-order valence-electron chi connectivity index (χ2n) is 3.51. The van der Waals surface area contributed by atoms with E-state index in [1.54, 1.807) is 6.07 Å². The number of halogens is 4. The van der Waals surface area contributed by atoms with Gasteiger partial charge in [-0.15, -0.1) is 0 Å². The Bertz CT molecular complexity index is 547. The minimum atomic E-state index is -4.40. The highest BCUT2D eigenvalue weighted by atomic mass is 35.5. The van der Waals surface area contributed by atoms with E-state index in [9.17, 15) is 13.2 Å². The Morgan fingerprint density at radius 3 is 2.67 bits per heavy atom. The summed E-state index contributed by atoms with van der Waals surface area (Å²) in [4.78, 5) is 3.63. The molecule has 0 aliphatic heterocycles. The maximum atomic E-state index is 12.1. The van der Waals surface area contributed by atoms with Crippen LogP contribution in [0.1, 0.15) is 5.82 Å². The third-order valence-electron chi connectivity index (χ3n) is 2.09. The van der Waals surface area contributed by atoms with E-state index in [2.05, 4.69) is 10.1 Å². The number of nitrogens with two attached hydrogens (primary N) is 1. The van der Waals surface area contributed by atoms with Crippen molar-refractivity contribution in [1.29, 1.82) is 0 Å². The molecule has 2 aromatic rings. The lowest BCUT2D eigenvalue weighted by Gasteiger charge is -2.02. The third kappa shape index (κ3) is 2.73. The minimum absolute atomic E-state index is 0.127. The number of benzene rings is 1. The van der Waals surface area contributed by atoms with Gasteiger partial charge < -0.3 is 10.3 Å². The van der Waals surface area contributed by atoms with E-state index in [1.165, 1.54) is 12.1 Å². The number of nitrogens with zero attached hydrogens (tertiary/aromatic N) is 2. The van der Waals surface area contributed by atoms with Gasteiger partial charge >= 0.3 is 6.18 Å². The maximum absolute atomic E-state index is 12.1. The van der Waals surface area contributed by atoms with Crippen LogP contribution in [0.15, 0.2) is 22.7 Å². The van der Waals surface area contributed by atoms with Gasteiger partial charge in [0, 0.05) is 5.69 Å². The number of rotatable bonds is 2. The Morgan fingerprint density at radius 1 is 1.33 bits per heavy atom. The monoisotopic (exact) mass is 277 g/mol. The number of hydrogen-bond acceptors (Lipinski definition) is 4. The third-order valence-corrected chi connectivity index (χ3v) is 2.40. The Hall–Kier alpha value is -1.76. The van der Waals surface area contributed by atoms with Crippen molar-refractivity contribution in [3.63, 3.8) is 0 Å². The predicted octanol–water partition coefficient (Wildman–Crippen LogP) is 3.08. The van der Waals surface area contributed by atoms with Gasteiger partial charge in [-0.3, -0.25) is 0 Å². The van der Waals surface area contributed by atoms with Crippen molar-refractivity contribution in [2.24, 2.45) is 0 Å². The van der Waals surface area contributed by atoms with Crippen LogP contribution < -0.4 is 5.73 Å². The van der Waals surface area contributed by atoms with Crippen LogP contribution in [0.2, 0.25) is 5.02 Å². The summed E-state index contributed by atoms with van der Waals surface area (Å²) >= 11 is 5.88. The molecule has 2 N–H and O–H groups in total. The number of hydrogen-bond donors (Lipinski definition) is 1. The summed E-state index contributed by atoms with van der Waals surface area (Å²) in [7, 11) is 0. The van der Waals surface area contributed by atoms with Crippen molar-refractivity contribution in [3.8, 4) is 11.5 Å². The smallest absolute Gasteiger partial charge is 0.396 e. The summed E-state index contributed by atoms with van der Waals surface area (Å²) in [5, 5.41) is 3.47. The van der Waals surface area contributed by atoms with E-state index in [0.29, 0.717) is 0 Å². The standard InChI is InChI=1S/C10H7ClF3N3O/c11-5-2-1-3-6(15)8(5)9-16-7(17-18-9)4-10(12,13)14/h1-3H,4,15H2. The van der Waals surface area contributed by atoms with Gasteiger partial charge in [0.15, 0.2) is 5.82 Å². The molecule has 2 rings (SSSR count). The summed E-state index contributed by atoms with van der Waals surface area (Å²) in [6.07, 6.45) is -5.66. The molecular formula is C10H7ClF3N3O. The fourth-order valence-electron chi connectivity index (χ4n) is 1.37.